The van der Waals surface area contributed by atoms with Gasteiger partial charge in [0.25, 0.3) is 0 Å². The number of ether oxygens (including phenoxy) is 2. The number of likely N-dealkylation sites (N-methyl/N-ethyl adjacent to an activating group) is 2. The highest BCUT2D eigenvalue weighted by atomic mass is 16.5. The van der Waals surface area contributed by atoms with Gasteiger partial charge in [0.15, 0.2) is 0 Å². The van der Waals surface area contributed by atoms with Gasteiger partial charge in [0.05, 0.1) is 13.2 Å². The molecule has 0 rings (SSSR count). The van der Waals surface area contributed by atoms with E-state index in [0.717, 1.165) is 12.8 Å². The molecule has 0 aliphatic heterocycles. The summed E-state index contributed by atoms with van der Waals surface area (Å²) in [6, 6.07) is 0. The van der Waals surface area contributed by atoms with Gasteiger partial charge in [0, 0.05) is 0 Å². The Morgan fingerprint density at radius 1 is 0.773 bits per heavy atom. The van der Waals surface area contributed by atoms with E-state index >= 15 is 0 Å². The molecule has 6 nitrogen and oxygen atoms in total. The first kappa shape index (κ1) is 20.9. The molecule has 2 atom stereocenters. The maximum atomic E-state index is 12.7. The van der Waals surface area contributed by atoms with Crippen molar-refractivity contribution in [2.45, 2.75) is 51.6 Å². The zero-order valence-electron chi connectivity index (χ0n) is 15.4. The molecule has 0 spiro atoms. The smallest absolute Gasteiger partial charge is 0.328 e. The quantitative estimate of drug-likeness (QED) is 0.601. The van der Waals surface area contributed by atoms with Gasteiger partial charge in [-0.15, -0.1) is 0 Å². The first-order valence-corrected chi connectivity index (χ1v) is 7.79. The summed E-state index contributed by atoms with van der Waals surface area (Å²) in [6.07, 6.45) is 1.46. The molecule has 0 amide bonds. The molecule has 0 aromatic carbocycles. The van der Waals surface area contributed by atoms with Crippen molar-refractivity contribution >= 4 is 11.9 Å². The minimum Gasteiger partial charge on any atom is -0.464 e. The highest BCUT2D eigenvalue weighted by Gasteiger charge is 2.60. The number of carbonyl (C=O) groups is 2. The predicted octanol–water partition coefficient (Wildman–Crippen LogP) is 1.53. The van der Waals surface area contributed by atoms with Crippen LogP contribution in [-0.2, 0) is 19.1 Å². The van der Waals surface area contributed by atoms with E-state index in [1.165, 1.54) is 0 Å². The SMILES string of the molecule is CCCOC(=O)C(C)(N(C)C)C(C)(C(=O)OCCC)N(C)C. The molecule has 0 aliphatic carbocycles. The van der Waals surface area contributed by atoms with Crippen LogP contribution in [0.1, 0.15) is 40.5 Å². The average Bonchev–Trinajstić information content (AvgIpc) is 2.47. The van der Waals surface area contributed by atoms with Crippen molar-refractivity contribution in [1.82, 2.24) is 9.80 Å². The van der Waals surface area contributed by atoms with E-state index in [1.54, 1.807) is 51.8 Å². The maximum Gasteiger partial charge on any atom is 0.328 e. The molecule has 6 heteroatoms. The molecule has 0 radical (unpaired) electrons. The van der Waals surface area contributed by atoms with E-state index < -0.39 is 23.0 Å². The zero-order chi connectivity index (χ0) is 17.6. The molecule has 22 heavy (non-hydrogen) atoms. The van der Waals surface area contributed by atoms with Crippen LogP contribution in [0.25, 0.3) is 0 Å². The Hall–Kier alpha value is -1.14. The number of hydrogen-bond acceptors (Lipinski definition) is 6. The molecule has 0 fully saturated rings. The van der Waals surface area contributed by atoms with Crippen LogP contribution in [0.2, 0.25) is 0 Å². The topological polar surface area (TPSA) is 59.1 Å². The van der Waals surface area contributed by atoms with E-state index in [4.69, 9.17) is 9.47 Å². The largest absolute Gasteiger partial charge is 0.464 e. The lowest BCUT2D eigenvalue weighted by molar-refractivity contribution is -0.181. The molecule has 0 aromatic heterocycles. The van der Waals surface area contributed by atoms with Crippen LogP contribution in [0.4, 0.5) is 0 Å². The van der Waals surface area contributed by atoms with Crippen molar-refractivity contribution in [3.05, 3.63) is 0 Å². The first-order valence-electron chi connectivity index (χ1n) is 7.79. The van der Waals surface area contributed by atoms with Gasteiger partial charge >= 0.3 is 11.9 Å². The fourth-order valence-corrected chi connectivity index (χ4v) is 2.30. The number of rotatable bonds is 9. The Kier molecular flexibility index (Phi) is 8.04. The van der Waals surface area contributed by atoms with Gasteiger partial charge < -0.3 is 9.47 Å². The lowest BCUT2D eigenvalue weighted by atomic mass is 9.77. The van der Waals surface area contributed by atoms with Gasteiger partial charge in [0.2, 0.25) is 0 Å². The Labute approximate surface area is 134 Å². The average molecular weight is 316 g/mol. The van der Waals surface area contributed by atoms with Crippen LogP contribution in [0, 0.1) is 0 Å². The molecule has 0 aromatic rings. The van der Waals surface area contributed by atoms with Crippen LogP contribution < -0.4 is 0 Å². The van der Waals surface area contributed by atoms with E-state index in [2.05, 4.69) is 0 Å². The second kappa shape index (κ2) is 8.48. The summed E-state index contributed by atoms with van der Waals surface area (Å²) >= 11 is 0. The van der Waals surface area contributed by atoms with E-state index in [1.807, 2.05) is 13.8 Å². The second-order valence-electron chi connectivity index (χ2n) is 6.21. The summed E-state index contributed by atoms with van der Waals surface area (Å²) < 4.78 is 10.7. The van der Waals surface area contributed by atoms with Crippen molar-refractivity contribution in [1.29, 1.82) is 0 Å². The summed E-state index contributed by atoms with van der Waals surface area (Å²) in [5.74, 6) is -0.854. The molecular weight excluding hydrogens is 284 g/mol. The van der Waals surface area contributed by atoms with Gasteiger partial charge in [0.1, 0.15) is 11.1 Å². The van der Waals surface area contributed by atoms with Crippen LogP contribution in [0.15, 0.2) is 0 Å². The van der Waals surface area contributed by atoms with E-state index in [0.29, 0.717) is 13.2 Å². The van der Waals surface area contributed by atoms with Crippen LogP contribution in [-0.4, -0.2) is 74.2 Å². The first-order chi connectivity index (χ1) is 10.1. The molecule has 130 valence electrons. The van der Waals surface area contributed by atoms with Crippen molar-refractivity contribution in [2.24, 2.45) is 0 Å². The van der Waals surface area contributed by atoms with Gasteiger partial charge in [-0.1, -0.05) is 13.8 Å². The number of hydrogen-bond donors (Lipinski definition) is 0. The van der Waals surface area contributed by atoms with Crippen LogP contribution >= 0.6 is 0 Å². The summed E-state index contributed by atoms with van der Waals surface area (Å²) in [7, 11) is 7.06. The third-order valence-electron chi connectivity index (χ3n) is 4.41. The van der Waals surface area contributed by atoms with Gasteiger partial charge in [-0.05, 0) is 54.9 Å². The Bertz CT molecular complexity index is 348. The van der Waals surface area contributed by atoms with Crippen LogP contribution in [0.3, 0.4) is 0 Å². The maximum absolute atomic E-state index is 12.7. The van der Waals surface area contributed by atoms with E-state index in [9.17, 15) is 9.59 Å². The minimum absolute atomic E-state index is 0.329. The Balaban J connectivity index is 5.79. The number of nitrogens with zero attached hydrogens (tertiary/aromatic N) is 2. The molecule has 2 unspecified atom stereocenters. The summed E-state index contributed by atoms with van der Waals surface area (Å²) in [5.41, 5.74) is -2.34. The van der Waals surface area contributed by atoms with Crippen LogP contribution in [0.5, 0.6) is 0 Å². The molecule has 0 heterocycles. The van der Waals surface area contributed by atoms with Gasteiger partial charge in [-0.25, -0.2) is 9.59 Å². The van der Waals surface area contributed by atoms with E-state index in [-0.39, 0.29) is 0 Å². The third-order valence-corrected chi connectivity index (χ3v) is 4.41. The Morgan fingerprint density at radius 2 is 1.05 bits per heavy atom. The lowest BCUT2D eigenvalue weighted by Crippen LogP contribution is -2.73. The predicted molar refractivity (Wildman–Crippen MR) is 86.7 cm³/mol. The number of carbonyl (C=O) groups excluding carboxylic acids is 2. The zero-order valence-corrected chi connectivity index (χ0v) is 15.4. The lowest BCUT2D eigenvalue weighted by Gasteiger charge is -2.49. The monoisotopic (exact) mass is 316 g/mol. The third kappa shape index (κ3) is 3.79. The molecule has 0 N–H and O–H groups in total. The van der Waals surface area contributed by atoms with Crippen molar-refractivity contribution in [3.63, 3.8) is 0 Å². The molecule has 0 aliphatic rings. The highest BCUT2D eigenvalue weighted by molar-refractivity contribution is 5.94. The van der Waals surface area contributed by atoms with Gasteiger partial charge in [-0.3, -0.25) is 9.80 Å². The normalized spacial score (nSPS) is 17.0. The molecular formula is C16H32N2O4. The van der Waals surface area contributed by atoms with Crippen molar-refractivity contribution < 1.29 is 19.1 Å². The highest BCUT2D eigenvalue weighted by Crippen LogP contribution is 2.34. The fourth-order valence-electron chi connectivity index (χ4n) is 2.30. The molecule has 0 saturated carbocycles. The molecule has 0 saturated heterocycles. The fraction of sp³-hybridized carbons (Fsp3) is 0.875. The summed E-state index contributed by atoms with van der Waals surface area (Å²) in [6.45, 7) is 7.96. The standard InChI is InChI=1S/C16H32N2O4/c1-9-11-21-13(19)15(3,17(5)6)16(4,18(7)8)14(20)22-12-10-2/h9-12H2,1-8H3. The number of esters is 2. The summed E-state index contributed by atoms with van der Waals surface area (Å²) in [4.78, 5) is 28.8. The van der Waals surface area contributed by atoms with Gasteiger partial charge in [-0.2, -0.15) is 0 Å². The second-order valence-corrected chi connectivity index (χ2v) is 6.21. The Morgan fingerprint density at radius 3 is 1.23 bits per heavy atom. The summed E-state index contributed by atoms with van der Waals surface area (Å²) in [5, 5.41) is 0. The van der Waals surface area contributed by atoms with Crippen molar-refractivity contribution in [3.8, 4) is 0 Å². The minimum atomic E-state index is -1.17. The molecule has 0 bridgehead atoms. The van der Waals surface area contributed by atoms with Crippen molar-refractivity contribution in [2.75, 3.05) is 41.4 Å².